The Balaban J connectivity index is 1.88. The van der Waals surface area contributed by atoms with Crippen LogP contribution in [0.5, 0.6) is 5.75 Å². The van der Waals surface area contributed by atoms with Gasteiger partial charge in [0.05, 0.1) is 29.1 Å². The number of amides is 1. The molecule has 0 atom stereocenters. The predicted octanol–water partition coefficient (Wildman–Crippen LogP) is 6.27. The van der Waals surface area contributed by atoms with Crippen molar-refractivity contribution in [3.05, 3.63) is 57.6 Å². The molecule has 0 radical (unpaired) electrons. The Morgan fingerprint density at radius 1 is 1.17 bits per heavy atom. The van der Waals surface area contributed by atoms with E-state index in [1.165, 1.54) is 31.4 Å². The Bertz CT molecular complexity index is 971. The molecule has 1 aliphatic rings. The van der Waals surface area contributed by atoms with Crippen LogP contribution in [0.3, 0.4) is 0 Å². The van der Waals surface area contributed by atoms with Crippen LogP contribution in [-0.4, -0.2) is 26.1 Å². The van der Waals surface area contributed by atoms with Gasteiger partial charge in [-0.3, -0.25) is 4.79 Å². The number of anilines is 2. The first-order chi connectivity index (χ1) is 14.2. The summed E-state index contributed by atoms with van der Waals surface area (Å²) >= 11 is 12.1. The van der Waals surface area contributed by atoms with E-state index in [9.17, 15) is 18.0 Å². The van der Waals surface area contributed by atoms with Crippen molar-refractivity contribution in [1.82, 2.24) is 0 Å². The Morgan fingerprint density at radius 3 is 2.50 bits per heavy atom. The molecule has 0 aliphatic carbocycles. The summed E-state index contributed by atoms with van der Waals surface area (Å²) in [7, 11) is 1.43. The lowest BCUT2D eigenvalue weighted by Gasteiger charge is -2.22. The van der Waals surface area contributed by atoms with Crippen molar-refractivity contribution in [3.8, 4) is 5.75 Å². The van der Waals surface area contributed by atoms with Gasteiger partial charge in [-0.2, -0.15) is 13.2 Å². The fourth-order valence-corrected chi connectivity index (χ4v) is 3.89. The van der Waals surface area contributed by atoms with Gasteiger partial charge in [0.25, 0.3) is 0 Å². The Hall–Kier alpha value is -2.38. The van der Waals surface area contributed by atoms with Crippen molar-refractivity contribution in [2.45, 2.75) is 19.0 Å². The number of hydrogen-bond donors (Lipinski definition) is 1. The molecule has 2 aromatic rings. The van der Waals surface area contributed by atoms with Gasteiger partial charge in [-0.05, 0) is 49.2 Å². The Kier molecular flexibility index (Phi) is 6.83. The van der Waals surface area contributed by atoms with Crippen molar-refractivity contribution < 1.29 is 22.7 Å². The number of nitrogens with one attached hydrogen (secondary N) is 1. The van der Waals surface area contributed by atoms with E-state index in [1.807, 2.05) is 4.90 Å². The zero-order chi connectivity index (χ0) is 21.9. The SMILES string of the molecule is COc1c(Cl)cc(Cl)cc1C=CC(=O)Nc1cc(C(F)(F)F)ccc1N1CCCC1. The molecule has 1 heterocycles. The molecule has 3 rings (SSSR count). The number of ether oxygens (including phenoxy) is 1. The largest absolute Gasteiger partial charge is 0.495 e. The van der Waals surface area contributed by atoms with Crippen LogP contribution in [0.4, 0.5) is 24.5 Å². The van der Waals surface area contributed by atoms with Crippen LogP contribution in [0.1, 0.15) is 24.0 Å². The zero-order valence-electron chi connectivity index (χ0n) is 16.0. The third-order valence-corrected chi connectivity index (χ3v) is 5.18. The molecule has 1 saturated heterocycles. The number of nitrogens with zero attached hydrogens (tertiary/aromatic N) is 1. The number of rotatable bonds is 5. The van der Waals surface area contributed by atoms with E-state index >= 15 is 0 Å². The third-order valence-electron chi connectivity index (χ3n) is 4.68. The number of carbonyl (C=O) groups excluding carboxylic acids is 1. The monoisotopic (exact) mass is 458 g/mol. The average molecular weight is 459 g/mol. The summed E-state index contributed by atoms with van der Waals surface area (Å²) in [5.41, 5.74) is 0.310. The van der Waals surface area contributed by atoms with Gasteiger partial charge in [-0.1, -0.05) is 23.2 Å². The van der Waals surface area contributed by atoms with Gasteiger partial charge >= 0.3 is 6.18 Å². The standard InChI is InChI=1S/C21H19Cl2F3N2O2/c1-30-20-13(10-15(22)12-16(20)23)4-7-19(29)27-17-11-14(21(24,25)26)5-6-18(17)28-8-2-3-9-28/h4-7,10-12H,2-3,8-9H2,1H3,(H,27,29). The quantitative estimate of drug-likeness (QED) is 0.536. The maximum Gasteiger partial charge on any atom is 0.416 e. The highest BCUT2D eigenvalue weighted by Gasteiger charge is 2.32. The summed E-state index contributed by atoms with van der Waals surface area (Å²) in [6.07, 6.45) is 0.0185. The summed E-state index contributed by atoms with van der Waals surface area (Å²) < 4.78 is 44.7. The molecule has 1 amide bonds. The molecule has 0 spiro atoms. The van der Waals surface area contributed by atoms with Gasteiger partial charge in [0, 0.05) is 29.8 Å². The van der Waals surface area contributed by atoms with Crippen molar-refractivity contribution in [2.24, 2.45) is 0 Å². The zero-order valence-corrected chi connectivity index (χ0v) is 17.5. The normalized spacial score (nSPS) is 14.4. The summed E-state index contributed by atoms with van der Waals surface area (Å²) in [4.78, 5) is 14.4. The van der Waals surface area contributed by atoms with Crippen LogP contribution < -0.4 is 15.0 Å². The highest BCUT2D eigenvalue weighted by Crippen LogP contribution is 2.37. The van der Waals surface area contributed by atoms with Crippen molar-refractivity contribution in [2.75, 3.05) is 30.4 Å². The molecule has 9 heteroatoms. The summed E-state index contributed by atoms with van der Waals surface area (Å²) in [5, 5.41) is 3.20. The third kappa shape index (κ3) is 5.21. The topological polar surface area (TPSA) is 41.6 Å². The molecule has 0 saturated carbocycles. The molecule has 1 fully saturated rings. The van der Waals surface area contributed by atoms with E-state index in [2.05, 4.69) is 5.32 Å². The molecule has 30 heavy (non-hydrogen) atoms. The smallest absolute Gasteiger partial charge is 0.416 e. The minimum absolute atomic E-state index is 0.109. The predicted molar refractivity (Wildman–Crippen MR) is 114 cm³/mol. The summed E-state index contributed by atoms with van der Waals surface area (Å²) in [6.45, 7) is 1.45. The van der Waals surface area contributed by atoms with Crippen LogP contribution in [0, 0.1) is 0 Å². The van der Waals surface area contributed by atoms with E-state index in [0.717, 1.165) is 38.1 Å². The van der Waals surface area contributed by atoms with Gasteiger partial charge < -0.3 is 15.0 Å². The van der Waals surface area contributed by atoms with Crippen molar-refractivity contribution >= 4 is 46.6 Å². The first kappa shape index (κ1) is 22.3. The molecule has 0 unspecified atom stereocenters. The van der Waals surface area contributed by atoms with E-state index in [0.29, 0.717) is 22.0 Å². The summed E-state index contributed by atoms with van der Waals surface area (Å²) in [5.74, 6) is -0.255. The first-order valence-corrected chi connectivity index (χ1v) is 9.93. The maximum absolute atomic E-state index is 13.2. The van der Waals surface area contributed by atoms with E-state index < -0.39 is 17.6 Å². The minimum Gasteiger partial charge on any atom is -0.495 e. The van der Waals surface area contributed by atoms with E-state index in [1.54, 1.807) is 6.07 Å². The average Bonchev–Trinajstić information content (AvgIpc) is 3.19. The number of methoxy groups -OCH3 is 1. The van der Waals surface area contributed by atoms with Gasteiger partial charge in [-0.15, -0.1) is 0 Å². The fraction of sp³-hybridized carbons (Fsp3) is 0.286. The number of alkyl halides is 3. The van der Waals surface area contributed by atoms with Gasteiger partial charge in [0.1, 0.15) is 5.75 Å². The van der Waals surface area contributed by atoms with Crippen molar-refractivity contribution in [1.29, 1.82) is 0 Å². The summed E-state index contributed by atoms with van der Waals surface area (Å²) in [6, 6.07) is 6.45. The molecular formula is C21H19Cl2F3N2O2. The van der Waals surface area contributed by atoms with Crippen LogP contribution in [0.15, 0.2) is 36.4 Å². The van der Waals surface area contributed by atoms with Crippen LogP contribution in [0.25, 0.3) is 6.08 Å². The second kappa shape index (κ2) is 9.18. The van der Waals surface area contributed by atoms with Crippen LogP contribution in [0.2, 0.25) is 10.0 Å². The molecule has 160 valence electrons. The second-order valence-electron chi connectivity index (χ2n) is 6.76. The number of halogens is 5. The molecular weight excluding hydrogens is 440 g/mol. The lowest BCUT2D eigenvalue weighted by molar-refractivity contribution is -0.137. The second-order valence-corrected chi connectivity index (χ2v) is 7.60. The Labute approximate surface area is 182 Å². The molecule has 1 aliphatic heterocycles. The first-order valence-electron chi connectivity index (χ1n) is 9.17. The highest BCUT2D eigenvalue weighted by molar-refractivity contribution is 6.36. The maximum atomic E-state index is 13.2. The number of carbonyl (C=O) groups is 1. The number of benzene rings is 2. The molecule has 0 aromatic heterocycles. The molecule has 1 N–H and O–H groups in total. The molecule has 2 aromatic carbocycles. The minimum atomic E-state index is -4.51. The van der Waals surface area contributed by atoms with Crippen LogP contribution in [-0.2, 0) is 11.0 Å². The van der Waals surface area contributed by atoms with E-state index in [-0.39, 0.29) is 10.7 Å². The number of hydrogen-bond acceptors (Lipinski definition) is 3. The van der Waals surface area contributed by atoms with E-state index in [4.69, 9.17) is 27.9 Å². The molecule has 4 nitrogen and oxygen atoms in total. The van der Waals surface area contributed by atoms with Gasteiger partial charge in [0.2, 0.25) is 5.91 Å². The van der Waals surface area contributed by atoms with Crippen LogP contribution >= 0.6 is 23.2 Å². The highest BCUT2D eigenvalue weighted by atomic mass is 35.5. The Morgan fingerprint density at radius 2 is 1.87 bits per heavy atom. The fourth-order valence-electron chi connectivity index (χ4n) is 3.31. The van der Waals surface area contributed by atoms with Crippen molar-refractivity contribution in [3.63, 3.8) is 0 Å². The van der Waals surface area contributed by atoms with Gasteiger partial charge in [0.15, 0.2) is 0 Å². The molecule has 0 bridgehead atoms. The van der Waals surface area contributed by atoms with Gasteiger partial charge in [-0.25, -0.2) is 0 Å². The lowest BCUT2D eigenvalue weighted by atomic mass is 10.1. The lowest BCUT2D eigenvalue weighted by Crippen LogP contribution is -2.21.